The quantitative estimate of drug-likeness (QED) is 0.415. The highest BCUT2D eigenvalue weighted by Crippen LogP contribution is 2.28. The number of amides is 1. The van der Waals surface area contributed by atoms with E-state index in [4.69, 9.17) is 4.74 Å². The van der Waals surface area contributed by atoms with Crippen LogP contribution in [0.2, 0.25) is 0 Å². The molecule has 1 saturated heterocycles. The van der Waals surface area contributed by atoms with Gasteiger partial charge in [0, 0.05) is 24.4 Å². The molecule has 26 heavy (non-hydrogen) atoms. The van der Waals surface area contributed by atoms with Crippen molar-refractivity contribution in [1.29, 1.82) is 0 Å². The molecule has 1 amide bonds. The highest BCUT2D eigenvalue weighted by atomic mass is 16.5. The minimum Gasteiger partial charge on any atom is -0.466 e. The van der Waals surface area contributed by atoms with Gasteiger partial charge in [-0.05, 0) is 19.8 Å². The Labute approximate surface area is 153 Å². The second-order valence-corrected chi connectivity index (χ2v) is 6.41. The maximum absolute atomic E-state index is 12.9. The van der Waals surface area contributed by atoms with Crippen molar-refractivity contribution in [3.63, 3.8) is 0 Å². The standard InChI is InChI=1S/C20H25NO5/c1-3-14(18(23)13-8-6-5-7-9-13)16(20(25)26-4-2)12-17(22)15-10-11-21-19(15)24/h5-9,14-16H,3-4,10-12H2,1-2H3,(H,21,24)/t14-,15?,16-/m0/s1. The molecule has 6 heteroatoms. The Morgan fingerprint density at radius 3 is 2.38 bits per heavy atom. The van der Waals surface area contributed by atoms with Gasteiger partial charge in [0.25, 0.3) is 0 Å². The maximum Gasteiger partial charge on any atom is 0.310 e. The number of ether oxygens (including phenoxy) is 1. The van der Waals surface area contributed by atoms with Crippen LogP contribution >= 0.6 is 0 Å². The lowest BCUT2D eigenvalue weighted by molar-refractivity contribution is -0.152. The number of esters is 1. The number of carbonyl (C=O) groups is 4. The number of nitrogens with one attached hydrogen (secondary N) is 1. The van der Waals surface area contributed by atoms with Crippen molar-refractivity contribution in [2.45, 2.75) is 33.1 Å². The lowest BCUT2D eigenvalue weighted by atomic mass is 9.79. The molecule has 3 atom stereocenters. The predicted molar refractivity (Wildman–Crippen MR) is 95.4 cm³/mol. The summed E-state index contributed by atoms with van der Waals surface area (Å²) in [6, 6.07) is 8.71. The molecule has 1 heterocycles. The van der Waals surface area contributed by atoms with Crippen molar-refractivity contribution in [1.82, 2.24) is 5.32 Å². The molecule has 1 aliphatic heterocycles. The minimum absolute atomic E-state index is 0.159. The van der Waals surface area contributed by atoms with Crippen LogP contribution in [0.5, 0.6) is 0 Å². The lowest BCUT2D eigenvalue weighted by Gasteiger charge is -2.24. The summed E-state index contributed by atoms with van der Waals surface area (Å²) < 4.78 is 5.12. The van der Waals surface area contributed by atoms with Crippen molar-refractivity contribution in [3.05, 3.63) is 35.9 Å². The molecule has 1 aromatic carbocycles. The zero-order valence-corrected chi connectivity index (χ0v) is 15.2. The molecule has 0 spiro atoms. The molecule has 0 bridgehead atoms. The van der Waals surface area contributed by atoms with E-state index in [1.807, 2.05) is 13.0 Å². The summed E-state index contributed by atoms with van der Waals surface area (Å²) in [5.74, 6) is -3.64. The van der Waals surface area contributed by atoms with E-state index in [9.17, 15) is 19.2 Å². The first-order chi connectivity index (χ1) is 12.5. The van der Waals surface area contributed by atoms with Gasteiger partial charge in [-0.1, -0.05) is 37.3 Å². The van der Waals surface area contributed by atoms with Crippen molar-refractivity contribution in [3.8, 4) is 0 Å². The van der Waals surface area contributed by atoms with E-state index < -0.39 is 23.7 Å². The van der Waals surface area contributed by atoms with Crippen LogP contribution < -0.4 is 5.32 Å². The van der Waals surface area contributed by atoms with Crippen LogP contribution in [0.1, 0.15) is 43.5 Å². The van der Waals surface area contributed by atoms with Gasteiger partial charge in [0.2, 0.25) is 5.91 Å². The van der Waals surface area contributed by atoms with Crippen LogP contribution in [0.3, 0.4) is 0 Å². The molecule has 0 saturated carbocycles. The maximum atomic E-state index is 12.9. The molecule has 6 nitrogen and oxygen atoms in total. The topological polar surface area (TPSA) is 89.5 Å². The van der Waals surface area contributed by atoms with Crippen molar-refractivity contribution < 1.29 is 23.9 Å². The molecule has 140 valence electrons. The third-order valence-corrected chi connectivity index (χ3v) is 4.77. The number of Topliss-reactive ketones (excluding diaryl/α,β-unsaturated/α-hetero) is 2. The number of hydrogen-bond donors (Lipinski definition) is 1. The van der Waals surface area contributed by atoms with E-state index in [-0.39, 0.29) is 30.5 Å². The molecule has 0 aromatic heterocycles. The molecular formula is C20H25NO5. The summed E-state index contributed by atoms with van der Waals surface area (Å²) >= 11 is 0. The molecule has 1 aromatic rings. The average molecular weight is 359 g/mol. The summed E-state index contributed by atoms with van der Waals surface area (Å²) in [7, 11) is 0. The molecule has 1 aliphatic rings. The third-order valence-electron chi connectivity index (χ3n) is 4.77. The van der Waals surface area contributed by atoms with Gasteiger partial charge in [-0.25, -0.2) is 0 Å². The summed E-state index contributed by atoms with van der Waals surface area (Å²) in [4.78, 5) is 49.7. The Morgan fingerprint density at radius 1 is 1.15 bits per heavy atom. The minimum atomic E-state index is -0.881. The van der Waals surface area contributed by atoms with Gasteiger partial charge in [-0.15, -0.1) is 0 Å². The van der Waals surface area contributed by atoms with Gasteiger partial charge in [0.1, 0.15) is 5.78 Å². The van der Waals surface area contributed by atoms with Gasteiger partial charge in [0.15, 0.2) is 5.78 Å². The summed E-state index contributed by atoms with van der Waals surface area (Å²) in [5.41, 5.74) is 0.500. The highest BCUT2D eigenvalue weighted by Gasteiger charge is 2.39. The number of benzene rings is 1. The number of hydrogen-bond acceptors (Lipinski definition) is 5. The number of rotatable bonds is 9. The van der Waals surface area contributed by atoms with Gasteiger partial charge >= 0.3 is 5.97 Å². The summed E-state index contributed by atoms with van der Waals surface area (Å²) in [6.45, 7) is 4.12. The van der Waals surface area contributed by atoms with Gasteiger partial charge in [0.05, 0.1) is 18.4 Å². The molecule has 1 fully saturated rings. The van der Waals surface area contributed by atoms with Crippen LogP contribution in [0.15, 0.2) is 30.3 Å². The molecule has 2 rings (SSSR count). The molecular weight excluding hydrogens is 334 g/mol. The van der Waals surface area contributed by atoms with E-state index in [0.29, 0.717) is 24.9 Å². The second-order valence-electron chi connectivity index (χ2n) is 6.41. The van der Waals surface area contributed by atoms with Gasteiger partial charge < -0.3 is 10.1 Å². The molecule has 1 N–H and O–H groups in total. The van der Waals surface area contributed by atoms with Crippen molar-refractivity contribution in [2.75, 3.05) is 13.2 Å². The first kappa shape index (κ1) is 19.8. The monoisotopic (exact) mass is 359 g/mol. The summed E-state index contributed by atoms with van der Waals surface area (Å²) in [5, 5.41) is 2.63. The van der Waals surface area contributed by atoms with E-state index in [1.54, 1.807) is 31.2 Å². The third kappa shape index (κ3) is 4.56. The Bertz CT molecular complexity index is 670. The Morgan fingerprint density at radius 2 is 1.85 bits per heavy atom. The normalized spacial score (nSPS) is 18.7. The van der Waals surface area contributed by atoms with Gasteiger partial charge in [-0.3, -0.25) is 19.2 Å². The van der Waals surface area contributed by atoms with Crippen molar-refractivity contribution >= 4 is 23.4 Å². The fourth-order valence-corrected chi connectivity index (χ4v) is 3.37. The summed E-state index contributed by atoms with van der Waals surface area (Å²) in [6.07, 6.45) is 0.673. The lowest BCUT2D eigenvalue weighted by Crippen LogP contribution is -2.35. The smallest absolute Gasteiger partial charge is 0.310 e. The fourth-order valence-electron chi connectivity index (χ4n) is 3.37. The predicted octanol–water partition coefficient (Wildman–Crippen LogP) is 2.17. The zero-order valence-electron chi connectivity index (χ0n) is 15.2. The van der Waals surface area contributed by atoms with E-state index in [2.05, 4.69) is 5.32 Å². The Balaban J connectivity index is 2.23. The largest absolute Gasteiger partial charge is 0.466 e. The van der Waals surface area contributed by atoms with Crippen molar-refractivity contribution in [2.24, 2.45) is 17.8 Å². The van der Waals surface area contributed by atoms with E-state index in [0.717, 1.165) is 0 Å². The Kier molecular flexibility index (Phi) is 7.06. The van der Waals surface area contributed by atoms with Crippen LogP contribution in [-0.4, -0.2) is 36.6 Å². The number of carbonyl (C=O) groups excluding carboxylic acids is 4. The fraction of sp³-hybridized carbons (Fsp3) is 0.500. The second kappa shape index (κ2) is 9.27. The average Bonchev–Trinajstić information content (AvgIpc) is 3.08. The van der Waals surface area contributed by atoms with Crippen LogP contribution in [-0.2, 0) is 19.1 Å². The first-order valence-corrected chi connectivity index (χ1v) is 9.05. The molecule has 1 unspecified atom stereocenters. The highest BCUT2D eigenvalue weighted by molar-refractivity contribution is 6.05. The number of ketones is 2. The molecule has 0 aliphatic carbocycles. The van der Waals surface area contributed by atoms with Gasteiger partial charge in [-0.2, -0.15) is 0 Å². The van der Waals surface area contributed by atoms with Crippen LogP contribution in [0.4, 0.5) is 0 Å². The molecule has 0 radical (unpaired) electrons. The SMILES string of the molecule is CCOC(=O)[C@@H](CC(=O)C1CCNC1=O)[C@H](CC)C(=O)c1ccccc1. The Hall–Kier alpha value is -2.50. The van der Waals surface area contributed by atoms with E-state index >= 15 is 0 Å². The first-order valence-electron chi connectivity index (χ1n) is 9.05. The van der Waals surface area contributed by atoms with Crippen LogP contribution in [0.25, 0.3) is 0 Å². The zero-order chi connectivity index (χ0) is 19.1. The van der Waals surface area contributed by atoms with E-state index in [1.165, 1.54) is 0 Å². The van der Waals surface area contributed by atoms with Crippen LogP contribution in [0, 0.1) is 17.8 Å².